The maximum Gasteiger partial charge on any atom is 0.155 e. The smallest absolute Gasteiger partial charge is 0.155 e. The number of hydrogen-bond donors (Lipinski definition) is 0. The van der Waals surface area contributed by atoms with E-state index in [1.807, 2.05) is 35.1 Å². The molecule has 0 amide bonds. The van der Waals surface area contributed by atoms with Crippen LogP contribution in [0.15, 0.2) is 67.1 Å². The van der Waals surface area contributed by atoms with Crippen LogP contribution in [-0.4, -0.2) is 57.9 Å². The Balaban J connectivity index is 1.25. The first-order valence-electron chi connectivity index (χ1n) is 11.3. The van der Waals surface area contributed by atoms with Gasteiger partial charge >= 0.3 is 0 Å². The third kappa shape index (κ3) is 4.49. The van der Waals surface area contributed by atoms with Crippen LogP contribution in [0.2, 0.25) is 0 Å². The monoisotopic (exact) mass is 458 g/mol. The highest BCUT2D eigenvalue weighted by atomic mass is 19.1. The first kappa shape index (κ1) is 22.0. The van der Waals surface area contributed by atoms with E-state index < -0.39 is 0 Å². The molecule has 34 heavy (non-hydrogen) atoms. The van der Waals surface area contributed by atoms with Gasteiger partial charge < -0.3 is 9.64 Å². The average Bonchev–Trinajstić information content (AvgIpc) is 3.25. The summed E-state index contributed by atoms with van der Waals surface area (Å²) < 4.78 is 20.6. The minimum atomic E-state index is -0.256. The zero-order chi connectivity index (χ0) is 23.5. The van der Waals surface area contributed by atoms with Crippen LogP contribution in [0.1, 0.15) is 11.3 Å². The number of hydrogen-bond acceptors (Lipinski definition) is 6. The summed E-state index contributed by atoms with van der Waals surface area (Å²) in [5.74, 6) is 1.42. The molecule has 7 nitrogen and oxygen atoms in total. The van der Waals surface area contributed by atoms with E-state index in [9.17, 15) is 4.39 Å². The highest BCUT2D eigenvalue weighted by Gasteiger charge is 2.22. The Bertz CT molecular complexity index is 1250. The van der Waals surface area contributed by atoms with Crippen molar-refractivity contribution < 1.29 is 9.13 Å². The van der Waals surface area contributed by atoms with Gasteiger partial charge in [-0.05, 0) is 55.5 Å². The van der Waals surface area contributed by atoms with E-state index in [1.165, 1.54) is 17.7 Å². The molecule has 0 unspecified atom stereocenters. The van der Waals surface area contributed by atoms with Crippen molar-refractivity contribution >= 4 is 5.82 Å². The molecule has 0 bridgehead atoms. The summed E-state index contributed by atoms with van der Waals surface area (Å²) in [5.41, 5.74) is 5.03. The summed E-state index contributed by atoms with van der Waals surface area (Å²) in [5, 5.41) is 4.61. The standard InChI is InChI=1S/C26H27FN6O/c1-19-21(17-30-33(19)23-7-9-24(34-2)10-8-23)18-31-13-15-32(16-14-31)26-25(28-11-12-29-26)20-3-5-22(27)6-4-20/h3-12,17H,13-16,18H2,1-2H3. The molecule has 0 saturated carbocycles. The van der Waals surface area contributed by atoms with Crippen molar-refractivity contribution in [2.24, 2.45) is 0 Å². The number of methoxy groups -OCH3 is 1. The highest BCUT2D eigenvalue weighted by molar-refractivity contribution is 5.72. The number of benzene rings is 2. The molecule has 1 aliphatic rings. The number of halogens is 1. The van der Waals surface area contributed by atoms with E-state index in [2.05, 4.69) is 31.8 Å². The van der Waals surface area contributed by atoms with E-state index in [-0.39, 0.29) is 5.82 Å². The summed E-state index contributed by atoms with van der Waals surface area (Å²) in [6.07, 6.45) is 5.36. The van der Waals surface area contributed by atoms with Gasteiger partial charge in [0, 0.05) is 61.9 Å². The quantitative estimate of drug-likeness (QED) is 0.434. The Morgan fingerprint density at radius 2 is 1.62 bits per heavy atom. The molecule has 1 saturated heterocycles. The molecule has 174 valence electrons. The number of piperazine rings is 1. The van der Waals surface area contributed by atoms with Crippen molar-refractivity contribution in [1.29, 1.82) is 0 Å². The van der Waals surface area contributed by atoms with Gasteiger partial charge in [0.15, 0.2) is 5.82 Å². The van der Waals surface area contributed by atoms with Crippen molar-refractivity contribution in [1.82, 2.24) is 24.6 Å². The van der Waals surface area contributed by atoms with Gasteiger partial charge in [0.25, 0.3) is 0 Å². The predicted molar refractivity (Wildman–Crippen MR) is 130 cm³/mol. The Kier molecular flexibility index (Phi) is 6.22. The first-order chi connectivity index (χ1) is 16.6. The van der Waals surface area contributed by atoms with Gasteiger partial charge in [-0.1, -0.05) is 0 Å². The van der Waals surface area contributed by atoms with E-state index >= 15 is 0 Å². The van der Waals surface area contributed by atoms with Crippen LogP contribution < -0.4 is 9.64 Å². The number of ether oxygens (including phenoxy) is 1. The lowest BCUT2D eigenvalue weighted by molar-refractivity contribution is 0.249. The van der Waals surface area contributed by atoms with Crippen LogP contribution in [0.4, 0.5) is 10.2 Å². The van der Waals surface area contributed by atoms with Crippen molar-refractivity contribution in [3.8, 4) is 22.7 Å². The molecule has 1 fully saturated rings. The summed E-state index contributed by atoms with van der Waals surface area (Å²) in [7, 11) is 1.67. The third-order valence-electron chi connectivity index (χ3n) is 6.29. The van der Waals surface area contributed by atoms with E-state index in [0.29, 0.717) is 0 Å². The van der Waals surface area contributed by atoms with Crippen LogP contribution in [-0.2, 0) is 6.54 Å². The van der Waals surface area contributed by atoms with Gasteiger partial charge in [0.2, 0.25) is 0 Å². The maximum atomic E-state index is 13.4. The van der Waals surface area contributed by atoms with Gasteiger partial charge in [-0.25, -0.2) is 14.1 Å². The molecule has 1 aliphatic heterocycles. The molecular weight excluding hydrogens is 431 g/mol. The predicted octanol–water partition coefficient (Wildman–Crippen LogP) is 4.11. The highest BCUT2D eigenvalue weighted by Crippen LogP contribution is 2.28. The van der Waals surface area contributed by atoms with Crippen molar-refractivity contribution in [3.05, 3.63) is 84.2 Å². The van der Waals surface area contributed by atoms with E-state index in [0.717, 1.165) is 66.9 Å². The molecule has 0 radical (unpaired) electrons. The number of nitrogens with zero attached hydrogens (tertiary/aromatic N) is 6. The molecule has 2 aromatic heterocycles. The second kappa shape index (κ2) is 9.61. The molecule has 0 atom stereocenters. The molecule has 8 heteroatoms. The number of rotatable bonds is 6. The fraction of sp³-hybridized carbons (Fsp3) is 0.269. The average molecular weight is 459 g/mol. The largest absolute Gasteiger partial charge is 0.497 e. The van der Waals surface area contributed by atoms with Crippen LogP contribution in [0.3, 0.4) is 0 Å². The topological polar surface area (TPSA) is 59.3 Å². The lowest BCUT2D eigenvalue weighted by atomic mass is 10.1. The summed E-state index contributed by atoms with van der Waals surface area (Å²) in [4.78, 5) is 13.8. The zero-order valence-corrected chi connectivity index (χ0v) is 19.4. The van der Waals surface area contributed by atoms with Crippen molar-refractivity contribution in [2.45, 2.75) is 13.5 Å². The first-order valence-corrected chi connectivity index (χ1v) is 11.3. The summed E-state index contributed by atoms with van der Waals surface area (Å²) in [6.45, 7) is 6.47. The molecular formula is C26H27FN6O. The minimum Gasteiger partial charge on any atom is -0.497 e. The second-order valence-electron chi connectivity index (χ2n) is 8.36. The molecule has 4 aromatic rings. The fourth-order valence-corrected chi connectivity index (χ4v) is 4.31. The van der Waals surface area contributed by atoms with Gasteiger partial charge in [-0.15, -0.1) is 0 Å². The molecule has 0 aliphatic carbocycles. The molecule has 2 aromatic carbocycles. The zero-order valence-electron chi connectivity index (χ0n) is 19.4. The lowest BCUT2D eigenvalue weighted by Crippen LogP contribution is -2.46. The Labute approximate surface area is 198 Å². The fourth-order valence-electron chi connectivity index (χ4n) is 4.31. The maximum absolute atomic E-state index is 13.4. The number of anilines is 1. The normalized spacial score (nSPS) is 14.4. The number of aromatic nitrogens is 4. The third-order valence-corrected chi connectivity index (χ3v) is 6.29. The van der Waals surface area contributed by atoms with Crippen LogP contribution >= 0.6 is 0 Å². The van der Waals surface area contributed by atoms with Gasteiger partial charge in [0.05, 0.1) is 19.0 Å². The van der Waals surface area contributed by atoms with Gasteiger partial charge in [-0.3, -0.25) is 9.88 Å². The van der Waals surface area contributed by atoms with Crippen molar-refractivity contribution in [3.63, 3.8) is 0 Å². The van der Waals surface area contributed by atoms with Crippen molar-refractivity contribution in [2.75, 3.05) is 38.2 Å². The summed E-state index contributed by atoms with van der Waals surface area (Å²) >= 11 is 0. The van der Waals surface area contributed by atoms with Gasteiger partial charge in [0.1, 0.15) is 17.3 Å². The van der Waals surface area contributed by atoms with Gasteiger partial charge in [-0.2, -0.15) is 5.10 Å². The minimum absolute atomic E-state index is 0.256. The lowest BCUT2D eigenvalue weighted by Gasteiger charge is -2.35. The molecule has 3 heterocycles. The van der Waals surface area contributed by atoms with Crippen LogP contribution in [0, 0.1) is 12.7 Å². The Morgan fingerprint density at radius 1 is 0.912 bits per heavy atom. The SMILES string of the molecule is COc1ccc(-n2ncc(CN3CCN(c4nccnc4-c4ccc(F)cc4)CC3)c2C)cc1. The molecule has 0 N–H and O–H groups in total. The molecule has 0 spiro atoms. The van der Waals surface area contributed by atoms with E-state index in [1.54, 1.807) is 31.6 Å². The second-order valence-corrected chi connectivity index (χ2v) is 8.36. The Morgan fingerprint density at radius 3 is 2.32 bits per heavy atom. The van der Waals surface area contributed by atoms with E-state index in [4.69, 9.17) is 4.74 Å². The Hall–Kier alpha value is -3.78. The summed E-state index contributed by atoms with van der Waals surface area (Å²) in [6, 6.07) is 14.3. The van der Waals surface area contributed by atoms with Crippen LogP contribution in [0.25, 0.3) is 16.9 Å². The van der Waals surface area contributed by atoms with Crippen LogP contribution in [0.5, 0.6) is 5.75 Å². The molecule has 5 rings (SSSR count).